The number of nitrogens with one attached hydrogen (secondary N) is 2. The van der Waals surface area contributed by atoms with Crippen LogP contribution in [0.5, 0.6) is 0 Å². The van der Waals surface area contributed by atoms with Gasteiger partial charge in [-0.25, -0.2) is 4.98 Å². The highest BCUT2D eigenvalue weighted by molar-refractivity contribution is 7.98. The van der Waals surface area contributed by atoms with Crippen molar-refractivity contribution in [3.05, 3.63) is 71.5 Å². The number of thioether (sulfide) groups is 1. The fraction of sp³-hybridized carbons (Fsp3) is 0.250. The molecule has 0 unspecified atom stereocenters. The Morgan fingerprint density at radius 3 is 2.72 bits per heavy atom. The van der Waals surface area contributed by atoms with Crippen molar-refractivity contribution in [2.45, 2.75) is 30.7 Å². The Balaban J connectivity index is 1.46. The van der Waals surface area contributed by atoms with Crippen molar-refractivity contribution in [2.75, 3.05) is 6.54 Å². The minimum absolute atomic E-state index is 0.135. The molecule has 150 valence electrons. The monoisotopic (exact) mass is 411 g/mol. The maximum absolute atomic E-state index is 12.5. The number of nitrogens with zero attached hydrogens (tertiary/aromatic N) is 3. The smallest absolute Gasteiger partial charge is 0.254 e. The molecule has 0 aliphatic rings. The quantitative estimate of drug-likeness (QED) is 0.521. The van der Waals surface area contributed by atoms with Gasteiger partial charge in [0.05, 0.1) is 11.3 Å². The van der Waals surface area contributed by atoms with E-state index in [9.17, 15) is 9.59 Å². The van der Waals surface area contributed by atoms with Gasteiger partial charge in [0.25, 0.3) is 5.91 Å². The zero-order valence-electron chi connectivity index (χ0n) is 15.9. The van der Waals surface area contributed by atoms with E-state index >= 15 is 0 Å². The summed E-state index contributed by atoms with van der Waals surface area (Å²) >= 11 is 1.41. The number of amides is 2. The molecule has 9 heteroatoms. The first-order valence-corrected chi connectivity index (χ1v) is 10.0. The minimum atomic E-state index is -0.265. The van der Waals surface area contributed by atoms with E-state index in [2.05, 4.69) is 25.8 Å². The Morgan fingerprint density at radius 1 is 1.14 bits per heavy atom. The van der Waals surface area contributed by atoms with Crippen LogP contribution in [0.4, 0.5) is 0 Å². The van der Waals surface area contributed by atoms with Crippen LogP contribution in [-0.2, 0) is 17.1 Å². The summed E-state index contributed by atoms with van der Waals surface area (Å²) in [4.78, 5) is 32.7. The van der Waals surface area contributed by atoms with Gasteiger partial charge in [-0.1, -0.05) is 16.9 Å². The third kappa shape index (κ3) is 6.42. The van der Waals surface area contributed by atoms with Gasteiger partial charge in [-0.05, 0) is 36.8 Å². The van der Waals surface area contributed by atoms with Crippen LogP contribution < -0.4 is 10.6 Å². The van der Waals surface area contributed by atoms with Crippen molar-refractivity contribution in [1.82, 2.24) is 25.8 Å². The molecule has 0 aliphatic heterocycles. The third-order valence-corrected chi connectivity index (χ3v) is 4.96. The lowest BCUT2D eigenvalue weighted by molar-refractivity contribution is -0.121. The van der Waals surface area contributed by atoms with Crippen LogP contribution in [0.2, 0.25) is 0 Å². The van der Waals surface area contributed by atoms with Crippen LogP contribution in [0.15, 0.2) is 58.5 Å². The van der Waals surface area contributed by atoms with Crippen LogP contribution in [0.1, 0.15) is 33.8 Å². The summed E-state index contributed by atoms with van der Waals surface area (Å²) in [5, 5.41) is 10.1. The number of aryl methyl sites for hydroxylation is 1. The van der Waals surface area contributed by atoms with Crippen molar-refractivity contribution in [3.8, 4) is 0 Å². The molecule has 0 saturated heterocycles. The second-order valence-electron chi connectivity index (χ2n) is 6.21. The Hall–Kier alpha value is -3.20. The number of hydrogen-bond donors (Lipinski definition) is 2. The van der Waals surface area contributed by atoms with Gasteiger partial charge in [0.2, 0.25) is 5.91 Å². The molecular weight excluding hydrogens is 390 g/mol. The lowest BCUT2D eigenvalue weighted by Crippen LogP contribution is -2.30. The number of pyridine rings is 2. The number of carbonyl (C=O) groups is 2. The van der Waals surface area contributed by atoms with Crippen LogP contribution in [0.25, 0.3) is 0 Å². The summed E-state index contributed by atoms with van der Waals surface area (Å²) in [7, 11) is 0. The Labute approximate surface area is 172 Å². The zero-order valence-corrected chi connectivity index (χ0v) is 16.7. The molecular formula is C20H21N5O3S. The first-order chi connectivity index (χ1) is 14.1. The van der Waals surface area contributed by atoms with Crippen molar-refractivity contribution >= 4 is 23.6 Å². The van der Waals surface area contributed by atoms with E-state index < -0.39 is 0 Å². The van der Waals surface area contributed by atoms with Gasteiger partial charge < -0.3 is 15.2 Å². The first kappa shape index (κ1) is 20.5. The largest absolute Gasteiger partial charge is 0.361 e. The maximum Gasteiger partial charge on any atom is 0.254 e. The van der Waals surface area contributed by atoms with Gasteiger partial charge in [0.15, 0.2) is 0 Å². The predicted molar refractivity (Wildman–Crippen MR) is 108 cm³/mol. The lowest BCUT2D eigenvalue weighted by Gasteiger charge is -2.09. The summed E-state index contributed by atoms with van der Waals surface area (Å²) in [6.07, 6.45) is 5.18. The molecule has 0 atom stereocenters. The Bertz CT molecular complexity index is 962. The van der Waals surface area contributed by atoms with E-state index in [1.807, 2.05) is 25.1 Å². The minimum Gasteiger partial charge on any atom is -0.361 e. The Kier molecular flexibility index (Phi) is 7.34. The molecule has 2 N–H and O–H groups in total. The van der Waals surface area contributed by atoms with Crippen LogP contribution >= 0.6 is 11.8 Å². The van der Waals surface area contributed by atoms with Crippen molar-refractivity contribution in [3.63, 3.8) is 0 Å². The van der Waals surface area contributed by atoms with Crippen molar-refractivity contribution in [1.29, 1.82) is 0 Å². The van der Waals surface area contributed by atoms with E-state index in [0.29, 0.717) is 22.9 Å². The molecule has 8 nitrogen and oxygen atoms in total. The lowest BCUT2D eigenvalue weighted by atomic mass is 10.2. The van der Waals surface area contributed by atoms with E-state index in [0.717, 1.165) is 17.0 Å². The zero-order chi connectivity index (χ0) is 20.5. The van der Waals surface area contributed by atoms with Crippen molar-refractivity contribution < 1.29 is 14.1 Å². The molecule has 0 aliphatic carbocycles. The molecule has 3 heterocycles. The fourth-order valence-electron chi connectivity index (χ4n) is 2.48. The van der Waals surface area contributed by atoms with Gasteiger partial charge in [0.1, 0.15) is 10.8 Å². The van der Waals surface area contributed by atoms with Crippen LogP contribution in [0.3, 0.4) is 0 Å². The van der Waals surface area contributed by atoms with Gasteiger partial charge in [0, 0.05) is 49.9 Å². The highest BCUT2D eigenvalue weighted by Crippen LogP contribution is 2.24. The van der Waals surface area contributed by atoms with Crippen molar-refractivity contribution in [2.24, 2.45) is 0 Å². The van der Waals surface area contributed by atoms with Gasteiger partial charge >= 0.3 is 0 Å². The average molecular weight is 411 g/mol. The molecule has 0 bridgehead atoms. The molecule has 0 radical (unpaired) electrons. The van der Waals surface area contributed by atoms with Gasteiger partial charge in [-0.3, -0.25) is 14.6 Å². The highest BCUT2D eigenvalue weighted by Gasteiger charge is 2.14. The average Bonchev–Trinajstić information content (AvgIpc) is 3.17. The van der Waals surface area contributed by atoms with Crippen LogP contribution in [-0.4, -0.2) is 33.5 Å². The molecule has 3 aromatic rings. The highest BCUT2D eigenvalue weighted by atomic mass is 32.2. The molecule has 3 rings (SSSR count). The molecule has 3 aromatic heterocycles. The summed E-state index contributed by atoms with van der Waals surface area (Å²) in [5.74, 6) is 0.886. The number of aromatic nitrogens is 3. The summed E-state index contributed by atoms with van der Waals surface area (Å²) in [6, 6.07) is 8.94. The first-order valence-electron chi connectivity index (χ1n) is 9.05. The van der Waals surface area contributed by atoms with E-state index in [-0.39, 0.29) is 24.8 Å². The molecule has 0 spiro atoms. The normalized spacial score (nSPS) is 10.5. The molecule has 0 aromatic carbocycles. The second kappa shape index (κ2) is 10.4. The molecule has 29 heavy (non-hydrogen) atoms. The standard InChI is InChI=1S/C20H21N5O3S/c1-14-11-16(25-28-14)13-29-20-17(3-2-7-23-20)19(27)22-10-6-18(26)24-12-15-4-8-21-9-5-15/h2-5,7-9,11H,6,10,12-13H2,1H3,(H,22,27)(H,24,26). The molecule has 0 saturated carbocycles. The van der Waals surface area contributed by atoms with E-state index in [4.69, 9.17) is 4.52 Å². The molecule has 0 fully saturated rings. The van der Waals surface area contributed by atoms with Gasteiger partial charge in [-0.2, -0.15) is 0 Å². The predicted octanol–water partition coefficient (Wildman–Crippen LogP) is 2.50. The van der Waals surface area contributed by atoms with Gasteiger partial charge in [-0.15, -0.1) is 0 Å². The molecule has 2 amide bonds. The topological polar surface area (TPSA) is 110 Å². The van der Waals surface area contributed by atoms with E-state index in [1.54, 1.807) is 30.7 Å². The summed E-state index contributed by atoms with van der Waals surface area (Å²) < 4.78 is 5.05. The van der Waals surface area contributed by atoms with Crippen LogP contribution in [0, 0.1) is 6.92 Å². The van der Waals surface area contributed by atoms with E-state index in [1.165, 1.54) is 11.8 Å². The SMILES string of the molecule is Cc1cc(CSc2ncccc2C(=O)NCCC(=O)NCc2ccncc2)no1. The third-order valence-electron chi connectivity index (χ3n) is 3.93. The number of carbonyl (C=O) groups excluding carboxylic acids is 2. The Morgan fingerprint density at radius 2 is 1.97 bits per heavy atom. The fourth-order valence-corrected chi connectivity index (χ4v) is 3.35. The number of rotatable bonds is 9. The number of hydrogen-bond acceptors (Lipinski definition) is 7. The second-order valence-corrected chi connectivity index (χ2v) is 7.18. The maximum atomic E-state index is 12.5. The summed E-state index contributed by atoms with van der Waals surface area (Å²) in [6.45, 7) is 2.50. The summed E-state index contributed by atoms with van der Waals surface area (Å²) in [5.41, 5.74) is 2.22.